The van der Waals surface area contributed by atoms with Crippen LogP contribution in [0.25, 0.3) is 0 Å². The summed E-state index contributed by atoms with van der Waals surface area (Å²) in [4.78, 5) is 28.3. The summed E-state index contributed by atoms with van der Waals surface area (Å²) in [6.07, 6.45) is 1.91. The van der Waals surface area contributed by atoms with Gasteiger partial charge in [0.25, 0.3) is 0 Å². The number of methoxy groups -OCH3 is 1. The number of amides is 2. The molecule has 220 valence electrons. The maximum Gasteiger partial charge on any atom is 0.242 e. The minimum absolute atomic E-state index is 0.0701. The lowest BCUT2D eigenvalue weighted by Gasteiger charge is -2.31. The van der Waals surface area contributed by atoms with E-state index in [0.29, 0.717) is 49.1 Å². The quantitative estimate of drug-likeness (QED) is 0.366. The number of hydrogen-bond acceptors (Lipinski definition) is 7. The van der Waals surface area contributed by atoms with Crippen LogP contribution in [0, 0.1) is 5.92 Å². The summed E-state index contributed by atoms with van der Waals surface area (Å²) in [6, 6.07) is 11.7. The van der Waals surface area contributed by atoms with Crippen molar-refractivity contribution in [3.63, 3.8) is 0 Å². The van der Waals surface area contributed by atoms with Crippen molar-refractivity contribution < 1.29 is 32.2 Å². The normalized spacial score (nSPS) is 13.4. The van der Waals surface area contributed by atoms with Crippen LogP contribution >= 0.6 is 0 Å². The standard InChI is InChI=1S/C29H41N3O7S/c1-6-25(29(34)30-19-21(2)3)31(20-22-9-12-24(37-4)13-10-22)28(33)8-7-15-32(40(5,35)36)23-11-14-26-27(18-23)39-17-16-38-26/h9-14,18,21,25H,6-8,15-17,19-20H2,1-5H3,(H,30,34). The Morgan fingerprint density at radius 3 is 2.33 bits per heavy atom. The molecule has 1 unspecified atom stereocenters. The molecule has 0 bridgehead atoms. The SMILES string of the molecule is CCC(C(=O)NCC(C)C)N(Cc1ccc(OC)cc1)C(=O)CCCN(c1ccc2c(c1)OCCO2)S(C)(=O)=O. The second-order valence-electron chi connectivity index (χ2n) is 10.2. The van der Waals surface area contributed by atoms with E-state index in [0.717, 1.165) is 11.8 Å². The fourth-order valence-corrected chi connectivity index (χ4v) is 5.42. The van der Waals surface area contributed by atoms with Gasteiger partial charge in [0.05, 0.1) is 19.1 Å². The van der Waals surface area contributed by atoms with E-state index in [1.807, 2.05) is 45.0 Å². The predicted molar refractivity (Wildman–Crippen MR) is 154 cm³/mol. The van der Waals surface area contributed by atoms with Crippen molar-refractivity contribution >= 4 is 27.5 Å². The third-order valence-electron chi connectivity index (χ3n) is 6.55. The molecule has 2 aromatic rings. The summed E-state index contributed by atoms with van der Waals surface area (Å²) in [5, 5.41) is 2.95. The summed E-state index contributed by atoms with van der Waals surface area (Å²) < 4.78 is 43.0. The molecule has 1 atom stereocenters. The Balaban J connectivity index is 1.76. The van der Waals surface area contributed by atoms with Gasteiger partial charge in [0.2, 0.25) is 21.8 Å². The molecule has 11 heteroatoms. The zero-order chi connectivity index (χ0) is 29.3. The molecule has 2 amide bonds. The first kappa shape index (κ1) is 31.1. The van der Waals surface area contributed by atoms with Crippen molar-refractivity contribution in [2.24, 2.45) is 5.92 Å². The fraction of sp³-hybridized carbons (Fsp3) is 0.517. The van der Waals surface area contributed by atoms with Crippen molar-refractivity contribution in [1.29, 1.82) is 0 Å². The number of anilines is 1. The highest BCUT2D eigenvalue weighted by Crippen LogP contribution is 2.34. The van der Waals surface area contributed by atoms with Crippen LogP contribution in [0.5, 0.6) is 17.2 Å². The molecule has 2 aromatic carbocycles. The van der Waals surface area contributed by atoms with E-state index in [9.17, 15) is 18.0 Å². The molecular formula is C29H41N3O7S. The van der Waals surface area contributed by atoms with Gasteiger partial charge in [0, 0.05) is 32.1 Å². The Labute approximate surface area is 237 Å². The maximum absolute atomic E-state index is 13.6. The fourth-order valence-electron chi connectivity index (χ4n) is 4.46. The smallest absolute Gasteiger partial charge is 0.242 e. The average molecular weight is 576 g/mol. The number of carbonyl (C=O) groups excluding carboxylic acids is 2. The first-order chi connectivity index (χ1) is 19.0. The van der Waals surface area contributed by atoms with Crippen LogP contribution in [0.15, 0.2) is 42.5 Å². The van der Waals surface area contributed by atoms with Crippen LogP contribution < -0.4 is 23.8 Å². The van der Waals surface area contributed by atoms with Gasteiger partial charge >= 0.3 is 0 Å². The monoisotopic (exact) mass is 575 g/mol. The first-order valence-electron chi connectivity index (χ1n) is 13.6. The third-order valence-corrected chi connectivity index (χ3v) is 7.74. The summed E-state index contributed by atoms with van der Waals surface area (Å²) >= 11 is 0. The molecule has 1 aliphatic rings. The summed E-state index contributed by atoms with van der Waals surface area (Å²) in [5.74, 6) is 1.59. The number of hydrogen-bond donors (Lipinski definition) is 1. The van der Waals surface area contributed by atoms with Crippen molar-refractivity contribution in [1.82, 2.24) is 10.2 Å². The second-order valence-corrected chi connectivity index (χ2v) is 12.1. The highest BCUT2D eigenvalue weighted by Gasteiger charge is 2.29. The highest BCUT2D eigenvalue weighted by atomic mass is 32.2. The molecule has 0 aromatic heterocycles. The van der Waals surface area contributed by atoms with Gasteiger partial charge in [-0.25, -0.2) is 8.42 Å². The Morgan fingerprint density at radius 2 is 1.73 bits per heavy atom. The van der Waals surface area contributed by atoms with E-state index in [2.05, 4.69) is 5.32 Å². The molecule has 0 fully saturated rings. The molecule has 3 rings (SSSR count). The van der Waals surface area contributed by atoms with Gasteiger partial charge in [-0.15, -0.1) is 0 Å². The lowest BCUT2D eigenvalue weighted by Crippen LogP contribution is -2.49. The predicted octanol–water partition coefficient (Wildman–Crippen LogP) is 3.59. The average Bonchev–Trinajstić information content (AvgIpc) is 2.93. The zero-order valence-electron chi connectivity index (χ0n) is 24.0. The molecule has 0 saturated heterocycles. The van der Waals surface area contributed by atoms with E-state index >= 15 is 0 Å². The highest BCUT2D eigenvalue weighted by molar-refractivity contribution is 7.92. The zero-order valence-corrected chi connectivity index (χ0v) is 24.8. The van der Waals surface area contributed by atoms with Gasteiger partial charge in [-0.3, -0.25) is 13.9 Å². The summed E-state index contributed by atoms with van der Waals surface area (Å²) in [5.41, 5.74) is 1.30. The van der Waals surface area contributed by atoms with Crippen molar-refractivity contribution in [3.05, 3.63) is 48.0 Å². The van der Waals surface area contributed by atoms with Crippen LogP contribution in [-0.4, -0.2) is 70.8 Å². The topological polar surface area (TPSA) is 114 Å². The van der Waals surface area contributed by atoms with Crippen LogP contribution in [0.2, 0.25) is 0 Å². The van der Waals surface area contributed by atoms with Crippen LogP contribution in [0.1, 0.15) is 45.6 Å². The van der Waals surface area contributed by atoms with Gasteiger partial charge in [-0.05, 0) is 48.6 Å². The molecule has 0 radical (unpaired) electrons. The molecule has 1 aliphatic heterocycles. The van der Waals surface area contributed by atoms with Crippen molar-refractivity contribution in [2.45, 2.75) is 52.6 Å². The van der Waals surface area contributed by atoms with Crippen molar-refractivity contribution in [2.75, 3.05) is 44.0 Å². The number of fused-ring (bicyclic) bond motifs is 1. The van der Waals surface area contributed by atoms with E-state index in [1.54, 1.807) is 30.2 Å². The van der Waals surface area contributed by atoms with Crippen molar-refractivity contribution in [3.8, 4) is 17.2 Å². The van der Waals surface area contributed by atoms with Gasteiger partial charge in [0.15, 0.2) is 11.5 Å². The second kappa shape index (κ2) is 14.2. The Hall–Kier alpha value is -3.47. The lowest BCUT2D eigenvalue weighted by molar-refractivity contribution is -0.141. The van der Waals surface area contributed by atoms with Crippen LogP contribution in [0.3, 0.4) is 0 Å². The molecule has 1 heterocycles. The molecule has 40 heavy (non-hydrogen) atoms. The van der Waals surface area contributed by atoms with Gasteiger partial charge in [-0.1, -0.05) is 32.9 Å². The number of carbonyl (C=O) groups is 2. The third kappa shape index (κ3) is 8.51. The Kier molecular flexibility index (Phi) is 11.1. The number of sulfonamides is 1. The maximum atomic E-state index is 13.6. The summed E-state index contributed by atoms with van der Waals surface area (Å²) in [7, 11) is -2.05. The molecule has 0 saturated carbocycles. The van der Waals surface area contributed by atoms with E-state index in [4.69, 9.17) is 14.2 Å². The number of nitrogens with one attached hydrogen (secondary N) is 1. The molecule has 1 N–H and O–H groups in total. The van der Waals surface area contributed by atoms with Gasteiger partial charge in [-0.2, -0.15) is 0 Å². The molecular weight excluding hydrogens is 534 g/mol. The number of benzene rings is 2. The first-order valence-corrected chi connectivity index (χ1v) is 15.5. The largest absolute Gasteiger partial charge is 0.497 e. The van der Waals surface area contributed by atoms with E-state index in [-0.39, 0.29) is 43.7 Å². The van der Waals surface area contributed by atoms with Gasteiger partial charge < -0.3 is 24.4 Å². The number of ether oxygens (including phenoxy) is 3. The van der Waals surface area contributed by atoms with E-state index < -0.39 is 16.1 Å². The molecule has 0 spiro atoms. The number of nitrogens with zero attached hydrogens (tertiary/aromatic N) is 2. The van der Waals surface area contributed by atoms with Gasteiger partial charge in [0.1, 0.15) is 25.0 Å². The Bertz CT molecular complexity index is 1250. The lowest BCUT2D eigenvalue weighted by atomic mass is 10.1. The van der Waals surface area contributed by atoms with Crippen LogP contribution in [-0.2, 0) is 26.2 Å². The number of rotatable bonds is 14. The van der Waals surface area contributed by atoms with E-state index in [1.165, 1.54) is 4.31 Å². The summed E-state index contributed by atoms with van der Waals surface area (Å²) in [6.45, 7) is 7.57. The molecule has 10 nitrogen and oxygen atoms in total. The molecule has 0 aliphatic carbocycles. The van der Waals surface area contributed by atoms with Crippen LogP contribution in [0.4, 0.5) is 5.69 Å². The minimum atomic E-state index is -3.63. The Morgan fingerprint density at radius 1 is 1.05 bits per heavy atom. The minimum Gasteiger partial charge on any atom is -0.497 e.